The molecule has 0 aromatic heterocycles. The third kappa shape index (κ3) is 20.5. The fourth-order valence-electron chi connectivity index (χ4n) is 6.40. The van der Waals surface area contributed by atoms with Crippen molar-refractivity contribution in [2.75, 3.05) is 107 Å². The average molecular weight is 713 g/mol. The lowest BCUT2D eigenvalue weighted by molar-refractivity contribution is -0.147. The summed E-state index contributed by atoms with van der Waals surface area (Å²) in [6, 6.07) is 0.695. The Bertz CT molecular complexity index is 866. The first-order valence-electron chi connectivity index (χ1n) is 19.2. The number of esters is 4. The summed E-state index contributed by atoms with van der Waals surface area (Å²) in [5.74, 6) is -0.851. The molecule has 0 spiro atoms. The summed E-state index contributed by atoms with van der Waals surface area (Å²) >= 11 is 0. The molecule has 290 valence electrons. The van der Waals surface area contributed by atoms with Crippen LogP contribution in [0.1, 0.15) is 96.8 Å². The lowest BCUT2D eigenvalue weighted by Gasteiger charge is -2.37. The van der Waals surface area contributed by atoms with Gasteiger partial charge < -0.3 is 33.5 Å². The van der Waals surface area contributed by atoms with Crippen LogP contribution in [0.4, 0.5) is 0 Å². The third-order valence-corrected chi connectivity index (χ3v) is 9.70. The highest BCUT2D eigenvalue weighted by molar-refractivity contribution is 5.71. The lowest BCUT2D eigenvalue weighted by atomic mass is 10.0. The van der Waals surface area contributed by atoms with Crippen LogP contribution in [-0.4, -0.2) is 162 Å². The molecule has 0 atom stereocenters. The number of hydrogen-bond donors (Lipinski definition) is 0. The Morgan fingerprint density at radius 1 is 0.520 bits per heavy atom. The van der Waals surface area contributed by atoms with Crippen LogP contribution >= 0.6 is 0 Å². The number of piperidine rings is 2. The van der Waals surface area contributed by atoms with E-state index < -0.39 is 0 Å². The molecule has 2 fully saturated rings. The van der Waals surface area contributed by atoms with Crippen LogP contribution in [0.15, 0.2) is 0 Å². The molecule has 2 aliphatic rings. The highest BCUT2D eigenvalue weighted by atomic mass is 16.6. The van der Waals surface area contributed by atoms with Crippen LogP contribution in [0.3, 0.4) is 0 Å². The summed E-state index contributed by atoms with van der Waals surface area (Å²) < 4.78 is 26.5. The van der Waals surface area contributed by atoms with E-state index in [2.05, 4.69) is 40.6 Å². The molecule has 0 unspecified atom stereocenters. The topological polar surface area (TPSA) is 127 Å². The van der Waals surface area contributed by atoms with E-state index in [9.17, 15) is 19.2 Å². The van der Waals surface area contributed by atoms with Crippen molar-refractivity contribution in [2.24, 2.45) is 0 Å². The molecular formula is C37H68N4O9. The van der Waals surface area contributed by atoms with Crippen LogP contribution in [0.25, 0.3) is 0 Å². The van der Waals surface area contributed by atoms with Crippen molar-refractivity contribution in [1.82, 2.24) is 19.6 Å². The van der Waals surface area contributed by atoms with E-state index in [-0.39, 0.29) is 36.9 Å². The summed E-state index contributed by atoms with van der Waals surface area (Å²) in [5, 5.41) is 0. The second-order valence-electron chi connectivity index (χ2n) is 13.8. The molecule has 0 amide bonds. The Morgan fingerprint density at radius 2 is 0.860 bits per heavy atom. The molecule has 0 N–H and O–H groups in total. The molecule has 0 saturated carbocycles. The Hall–Kier alpha value is -2.32. The SMILES string of the molecule is CCCCOC(=O)CCN(CCC(=O)OCCCCCCOC(=O)CCN(CCC(=O)OCCOC)C1CCN(C)CC1)C1CCN(C)CC1. The molecule has 13 heteroatoms. The Kier molecular flexibility index (Phi) is 24.0. The van der Waals surface area contributed by atoms with Gasteiger partial charge in [-0.15, -0.1) is 0 Å². The van der Waals surface area contributed by atoms with Crippen LogP contribution in [0.2, 0.25) is 0 Å². The first-order chi connectivity index (χ1) is 24.2. The summed E-state index contributed by atoms with van der Waals surface area (Å²) in [5.41, 5.74) is 0. The number of carbonyl (C=O) groups is 4. The third-order valence-electron chi connectivity index (χ3n) is 9.70. The van der Waals surface area contributed by atoms with Gasteiger partial charge in [-0.3, -0.25) is 29.0 Å². The van der Waals surface area contributed by atoms with E-state index in [0.29, 0.717) is 84.0 Å². The average Bonchev–Trinajstić information content (AvgIpc) is 3.10. The van der Waals surface area contributed by atoms with Crippen molar-refractivity contribution >= 4 is 23.9 Å². The van der Waals surface area contributed by atoms with Crippen molar-refractivity contribution in [3.05, 3.63) is 0 Å². The van der Waals surface area contributed by atoms with Gasteiger partial charge in [0.25, 0.3) is 0 Å². The molecule has 0 radical (unpaired) electrons. The summed E-state index contributed by atoms with van der Waals surface area (Å²) in [6.45, 7) is 10.2. The maximum Gasteiger partial charge on any atom is 0.307 e. The van der Waals surface area contributed by atoms with Crippen molar-refractivity contribution in [1.29, 1.82) is 0 Å². The second-order valence-corrected chi connectivity index (χ2v) is 13.8. The summed E-state index contributed by atoms with van der Waals surface area (Å²) in [6.07, 6.45) is 10.5. The monoisotopic (exact) mass is 712 g/mol. The van der Waals surface area contributed by atoms with Crippen molar-refractivity contribution in [3.8, 4) is 0 Å². The van der Waals surface area contributed by atoms with E-state index >= 15 is 0 Å². The van der Waals surface area contributed by atoms with Gasteiger partial charge in [0.2, 0.25) is 0 Å². The molecular weight excluding hydrogens is 644 g/mol. The number of ether oxygens (including phenoxy) is 5. The quantitative estimate of drug-likeness (QED) is 0.0701. The van der Waals surface area contributed by atoms with Crippen molar-refractivity contribution in [2.45, 2.75) is 109 Å². The second kappa shape index (κ2) is 27.3. The first-order valence-corrected chi connectivity index (χ1v) is 19.2. The van der Waals surface area contributed by atoms with Crippen LogP contribution in [0.5, 0.6) is 0 Å². The molecule has 0 bridgehead atoms. The molecule has 0 aromatic rings. The van der Waals surface area contributed by atoms with Crippen molar-refractivity contribution < 1.29 is 42.9 Å². The molecule has 13 nitrogen and oxygen atoms in total. The van der Waals surface area contributed by atoms with Crippen LogP contribution in [0, 0.1) is 0 Å². The van der Waals surface area contributed by atoms with Gasteiger partial charge in [0.1, 0.15) is 6.61 Å². The summed E-state index contributed by atoms with van der Waals surface area (Å²) in [4.78, 5) is 58.5. The van der Waals surface area contributed by atoms with E-state index in [1.54, 1.807) is 7.11 Å². The van der Waals surface area contributed by atoms with Gasteiger partial charge >= 0.3 is 23.9 Å². The van der Waals surface area contributed by atoms with Gasteiger partial charge in [-0.05, 0) is 98.1 Å². The number of unbranched alkanes of at least 4 members (excludes halogenated alkanes) is 4. The van der Waals surface area contributed by atoms with Crippen LogP contribution in [-0.2, 0) is 42.9 Å². The highest BCUT2D eigenvalue weighted by Gasteiger charge is 2.26. The van der Waals surface area contributed by atoms with E-state index in [1.165, 1.54) is 0 Å². The van der Waals surface area contributed by atoms with Gasteiger partial charge in [0.15, 0.2) is 0 Å². The highest BCUT2D eigenvalue weighted by Crippen LogP contribution is 2.18. The van der Waals surface area contributed by atoms with Crippen molar-refractivity contribution in [3.63, 3.8) is 0 Å². The van der Waals surface area contributed by atoms with Gasteiger partial charge in [-0.25, -0.2) is 0 Å². The van der Waals surface area contributed by atoms with E-state index in [1.807, 2.05) is 0 Å². The predicted octanol–water partition coefficient (Wildman–Crippen LogP) is 3.52. The number of rotatable bonds is 27. The zero-order valence-corrected chi connectivity index (χ0v) is 31.7. The maximum absolute atomic E-state index is 12.5. The predicted molar refractivity (Wildman–Crippen MR) is 192 cm³/mol. The molecule has 2 aliphatic heterocycles. The van der Waals surface area contributed by atoms with Gasteiger partial charge in [0.05, 0.1) is 52.1 Å². The number of methoxy groups -OCH3 is 1. The minimum absolute atomic E-state index is 0.173. The Balaban J connectivity index is 1.59. The molecule has 0 aliphatic carbocycles. The normalized spacial score (nSPS) is 16.5. The minimum atomic E-state index is -0.250. The van der Waals surface area contributed by atoms with E-state index in [0.717, 1.165) is 90.4 Å². The molecule has 50 heavy (non-hydrogen) atoms. The van der Waals surface area contributed by atoms with Gasteiger partial charge in [0, 0.05) is 45.4 Å². The number of carbonyl (C=O) groups excluding carboxylic acids is 4. The fourth-order valence-corrected chi connectivity index (χ4v) is 6.40. The Labute approximate surface area is 301 Å². The zero-order chi connectivity index (χ0) is 36.4. The fraction of sp³-hybridized carbons (Fsp3) is 0.892. The number of likely N-dealkylation sites (tertiary alicyclic amines) is 2. The summed E-state index contributed by atoms with van der Waals surface area (Å²) in [7, 11) is 5.81. The molecule has 2 rings (SSSR count). The Morgan fingerprint density at radius 3 is 1.20 bits per heavy atom. The first kappa shape index (κ1) is 43.8. The van der Waals surface area contributed by atoms with E-state index in [4.69, 9.17) is 23.7 Å². The van der Waals surface area contributed by atoms with Gasteiger partial charge in [-0.1, -0.05) is 13.3 Å². The van der Waals surface area contributed by atoms with Gasteiger partial charge in [-0.2, -0.15) is 0 Å². The number of hydrogen-bond acceptors (Lipinski definition) is 13. The lowest BCUT2D eigenvalue weighted by Crippen LogP contribution is -2.45. The molecule has 2 saturated heterocycles. The van der Waals surface area contributed by atoms with Crippen LogP contribution < -0.4 is 0 Å². The maximum atomic E-state index is 12.5. The molecule has 2 heterocycles. The standard InChI is InChI=1S/C37H68N4O9/c1-5-6-27-47-34(42)15-23-40(32-11-19-38(2)20-12-32)24-16-35(43)48-28-9-7-8-10-29-49-36(44)17-25-41(33-13-21-39(3)22-14-33)26-18-37(45)50-31-30-46-4/h32-33H,5-31H2,1-4H3. The smallest absolute Gasteiger partial charge is 0.307 e. The number of nitrogens with zero attached hydrogens (tertiary/aromatic N) is 4. The molecule has 0 aromatic carbocycles. The minimum Gasteiger partial charge on any atom is -0.466 e. The largest absolute Gasteiger partial charge is 0.466 e. The zero-order valence-electron chi connectivity index (χ0n) is 31.7.